The first-order chi connectivity index (χ1) is 10.7. The van der Waals surface area contributed by atoms with Gasteiger partial charge in [0.05, 0.1) is 20.6 Å². The van der Waals surface area contributed by atoms with Gasteiger partial charge in [-0.3, -0.25) is 4.79 Å². The largest absolute Gasteiger partial charge is 0.502 e. The Hall–Kier alpha value is -2.69. The minimum atomic E-state index is -0.361. The Balaban J connectivity index is 2.08. The molecule has 0 amide bonds. The summed E-state index contributed by atoms with van der Waals surface area (Å²) >= 11 is 0. The van der Waals surface area contributed by atoms with Crippen molar-refractivity contribution in [2.45, 2.75) is 12.5 Å². The smallest absolute Gasteiger partial charge is 0.201 e. The van der Waals surface area contributed by atoms with Gasteiger partial charge in [0.2, 0.25) is 5.75 Å². The fraction of sp³-hybridized carbons (Fsp3) is 0.235. The maximum atomic E-state index is 12.5. The number of carbonyl (C=O) groups is 1. The quantitative estimate of drug-likeness (QED) is 0.943. The van der Waals surface area contributed by atoms with Gasteiger partial charge in [-0.2, -0.15) is 0 Å². The average Bonchev–Trinajstić information content (AvgIpc) is 2.55. The summed E-state index contributed by atoms with van der Waals surface area (Å²) in [4.78, 5) is 12.5. The summed E-state index contributed by atoms with van der Waals surface area (Å²) < 4.78 is 16.2. The number of hydrogen-bond donors (Lipinski definition) is 1. The minimum Gasteiger partial charge on any atom is -0.502 e. The Morgan fingerprint density at radius 1 is 1.18 bits per heavy atom. The third-order valence-corrected chi connectivity index (χ3v) is 3.70. The Kier molecular flexibility index (Phi) is 3.63. The van der Waals surface area contributed by atoms with Crippen LogP contribution in [0.25, 0.3) is 0 Å². The van der Waals surface area contributed by atoms with Crippen molar-refractivity contribution in [1.82, 2.24) is 0 Å². The van der Waals surface area contributed by atoms with E-state index in [4.69, 9.17) is 14.2 Å². The topological polar surface area (TPSA) is 65.0 Å². The van der Waals surface area contributed by atoms with Gasteiger partial charge in [-0.15, -0.1) is 0 Å². The summed E-state index contributed by atoms with van der Waals surface area (Å²) in [5, 5.41) is 10.1. The lowest BCUT2D eigenvalue weighted by Crippen LogP contribution is -2.21. The Labute approximate surface area is 128 Å². The first kappa shape index (κ1) is 14.3. The highest BCUT2D eigenvalue weighted by molar-refractivity contribution is 6.03. The summed E-state index contributed by atoms with van der Waals surface area (Å²) in [7, 11) is 2.82. The fourth-order valence-corrected chi connectivity index (χ4v) is 2.63. The molecule has 0 saturated heterocycles. The van der Waals surface area contributed by atoms with Crippen molar-refractivity contribution in [3.63, 3.8) is 0 Å². The van der Waals surface area contributed by atoms with Crippen molar-refractivity contribution < 1.29 is 24.1 Å². The zero-order chi connectivity index (χ0) is 15.7. The molecule has 2 aromatic carbocycles. The molecule has 0 spiro atoms. The lowest BCUT2D eigenvalue weighted by Gasteiger charge is -2.27. The van der Waals surface area contributed by atoms with E-state index in [0.717, 1.165) is 5.56 Å². The van der Waals surface area contributed by atoms with Gasteiger partial charge >= 0.3 is 0 Å². The minimum absolute atomic E-state index is 0.0888. The third kappa shape index (κ3) is 2.24. The molecule has 0 radical (unpaired) electrons. The van der Waals surface area contributed by atoms with E-state index in [2.05, 4.69) is 0 Å². The number of carbonyl (C=O) groups excluding carboxylic acids is 1. The van der Waals surface area contributed by atoms with Crippen LogP contribution in [0.5, 0.6) is 23.0 Å². The second-order valence-electron chi connectivity index (χ2n) is 4.98. The van der Waals surface area contributed by atoms with E-state index in [9.17, 15) is 9.90 Å². The monoisotopic (exact) mass is 300 g/mol. The third-order valence-electron chi connectivity index (χ3n) is 3.70. The molecule has 0 bridgehead atoms. The summed E-state index contributed by atoms with van der Waals surface area (Å²) in [5.74, 6) is 0.323. The molecular formula is C17H16O5. The second-order valence-corrected chi connectivity index (χ2v) is 4.98. The van der Waals surface area contributed by atoms with Crippen molar-refractivity contribution in [2.24, 2.45) is 0 Å². The molecule has 1 atom stereocenters. The SMILES string of the molecule is COc1cc2c(c(OC)c1O)C(=O)CC(c1ccccc1)O2. The molecule has 5 nitrogen and oxygen atoms in total. The molecule has 5 heteroatoms. The van der Waals surface area contributed by atoms with Crippen LogP contribution in [0.1, 0.15) is 28.4 Å². The number of benzene rings is 2. The van der Waals surface area contributed by atoms with Crippen molar-refractivity contribution in [1.29, 1.82) is 0 Å². The number of ketones is 1. The van der Waals surface area contributed by atoms with Gasteiger partial charge in [0.25, 0.3) is 0 Å². The van der Waals surface area contributed by atoms with Crippen LogP contribution in [0.4, 0.5) is 0 Å². The van der Waals surface area contributed by atoms with Crippen LogP contribution in [0, 0.1) is 0 Å². The molecule has 0 fully saturated rings. The van der Waals surface area contributed by atoms with Gasteiger partial charge < -0.3 is 19.3 Å². The van der Waals surface area contributed by atoms with Gasteiger partial charge in [-0.05, 0) is 5.56 Å². The summed E-state index contributed by atoms with van der Waals surface area (Å²) in [6.45, 7) is 0. The van der Waals surface area contributed by atoms with Gasteiger partial charge in [0, 0.05) is 6.07 Å². The number of hydrogen-bond acceptors (Lipinski definition) is 5. The standard InChI is InChI=1S/C17H16O5/c1-20-14-9-13-15(17(21-2)16(14)19)11(18)8-12(22-13)10-6-4-3-5-7-10/h3-7,9,12,19H,8H2,1-2H3. The maximum Gasteiger partial charge on any atom is 0.201 e. The number of aromatic hydroxyl groups is 1. The van der Waals surface area contributed by atoms with Crippen LogP contribution in [-0.4, -0.2) is 25.1 Å². The molecular weight excluding hydrogens is 284 g/mol. The summed E-state index contributed by atoms with van der Waals surface area (Å²) in [6.07, 6.45) is -0.167. The number of ether oxygens (including phenoxy) is 3. The molecule has 1 N–H and O–H groups in total. The van der Waals surface area contributed by atoms with E-state index >= 15 is 0 Å². The highest BCUT2D eigenvalue weighted by atomic mass is 16.5. The molecule has 3 rings (SSSR count). The van der Waals surface area contributed by atoms with E-state index < -0.39 is 0 Å². The lowest BCUT2D eigenvalue weighted by atomic mass is 9.95. The number of rotatable bonds is 3. The molecule has 1 heterocycles. The average molecular weight is 300 g/mol. The summed E-state index contributed by atoms with van der Waals surface area (Å²) in [6, 6.07) is 11.1. The predicted molar refractivity (Wildman–Crippen MR) is 80.0 cm³/mol. The molecule has 22 heavy (non-hydrogen) atoms. The fourth-order valence-electron chi connectivity index (χ4n) is 2.63. The van der Waals surface area contributed by atoms with Crippen LogP contribution >= 0.6 is 0 Å². The second kappa shape index (κ2) is 5.60. The van der Waals surface area contributed by atoms with Gasteiger partial charge in [-0.1, -0.05) is 30.3 Å². The Morgan fingerprint density at radius 3 is 2.55 bits per heavy atom. The molecule has 0 aliphatic carbocycles. The molecule has 1 aliphatic heterocycles. The van der Waals surface area contributed by atoms with Gasteiger partial charge in [0.1, 0.15) is 17.4 Å². The predicted octanol–water partition coefficient (Wildman–Crippen LogP) is 3.12. The number of Topliss-reactive ketones (excluding diaryl/α,β-unsaturated/α-hetero) is 1. The molecule has 114 valence electrons. The normalized spacial score (nSPS) is 16.6. The lowest BCUT2D eigenvalue weighted by molar-refractivity contribution is 0.0842. The molecule has 1 aliphatic rings. The highest BCUT2D eigenvalue weighted by Crippen LogP contribution is 2.48. The molecule has 0 saturated carbocycles. The van der Waals surface area contributed by atoms with Crippen LogP contribution in [-0.2, 0) is 0 Å². The molecule has 1 unspecified atom stereocenters. The molecule has 0 aromatic heterocycles. The van der Waals surface area contributed by atoms with Gasteiger partial charge in [-0.25, -0.2) is 0 Å². The van der Waals surface area contributed by atoms with Crippen molar-refractivity contribution in [3.05, 3.63) is 47.5 Å². The Bertz CT molecular complexity index is 709. The van der Waals surface area contributed by atoms with Crippen LogP contribution in [0.2, 0.25) is 0 Å². The van der Waals surface area contributed by atoms with Gasteiger partial charge in [0.15, 0.2) is 17.3 Å². The Morgan fingerprint density at radius 2 is 1.91 bits per heavy atom. The first-order valence-corrected chi connectivity index (χ1v) is 6.88. The summed E-state index contributed by atoms with van der Waals surface area (Å²) in [5.41, 5.74) is 1.18. The zero-order valence-electron chi connectivity index (χ0n) is 12.3. The van der Waals surface area contributed by atoms with Crippen LogP contribution in [0.15, 0.2) is 36.4 Å². The number of methoxy groups -OCH3 is 2. The van der Waals surface area contributed by atoms with E-state index in [-0.39, 0.29) is 41.1 Å². The van der Waals surface area contributed by atoms with E-state index in [1.807, 2.05) is 30.3 Å². The van der Waals surface area contributed by atoms with Crippen molar-refractivity contribution >= 4 is 5.78 Å². The first-order valence-electron chi connectivity index (χ1n) is 6.88. The molecule has 2 aromatic rings. The highest BCUT2D eigenvalue weighted by Gasteiger charge is 2.33. The van der Waals surface area contributed by atoms with E-state index in [1.165, 1.54) is 20.3 Å². The van der Waals surface area contributed by atoms with Crippen molar-refractivity contribution in [2.75, 3.05) is 14.2 Å². The number of fused-ring (bicyclic) bond motifs is 1. The van der Waals surface area contributed by atoms with Crippen LogP contribution < -0.4 is 14.2 Å². The van der Waals surface area contributed by atoms with E-state index in [1.54, 1.807) is 0 Å². The number of phenols is 1. The zero-order valence-corrected chi connectivity index (χ0v) is 12.3. The van der Waals surface area contributed by atoms with Crippen molar-refractivity contribution in [3.8, 4) is 23.0 Å². The maximum absolute atomic E-state index is 12.5. The number of phenolic OH excluding ortho intramolecular Hbond substituents is 1. The van der Waals surface area contributed by atoms with Crippen LogP contribution in [0.3, 0.4) is 0 Å². The van der Waals surface area contributed by atoms with E-state index in [0.29, 0.717) is 5.75 Å².